The van der Waals surface area contributed by atoms with Gasteiger partial charge in [0, 0.05) is 24.0 Å². The van der Waals surface area contributed by atoms with Crippen molar-refractivity contribution in [3.63, 3.8) is 0 Å². The Balaban J connectivity index is 1.54. The van der Waals surface area contributed by atoms with E-state index in [1.807, 2.05) is 42.5 Å². The molecule has 3 rings (SSSR count). The second-order valence-corrected chi connectivity index (χ2v) is 5.53. The molecule has 3 heteroatoms. The number of rotatable bonds is 6. The summed E-state index contributed by atoms with van der Waals surface area (Å²) in [5.41, 5.74) is 3.97. The fourth-order valence-corrected chi connectivity index (χ4v) is 2.40. The zero-order valence-corrected chi connectivity index (χ0v) is 13.4. The van der Waals surface area contributed by atoms with Gasteiger partial charge in [0.25, 0.3) is 0 Å². The van der Waals surface area contributed by atoms with Gasteiger partial charge in [-0.2, -0.15) is 0 Å². The summed E-state index contributed by atoms with van der Waals surface area (Å²) in [6.45, 7) is 0.893. The number of anilines is 1. The molecule has 0 radical (unpaired) electrons. The van der Waals surface area contributed by atoms with Crippen LogP contribution in [-0.2, 0) is 6.42 Å². The number of hydrogen-bond acceptors (Lipinski definition) is 3. The molecule has 0 unspecified atom stereocenters. The molecule has 0 aliphatic heterocycles. The highest BCUT2D eigenvalue weighted by Crippen LogP contribution is 2.18. The standard InChI is InChI=1S/C21H20N2O/c24-21-9-5-4-8-18(21)16-23-20-12-10-19(11-13-20)22-15-14-17-6-2-1-3-7-17/h1-13,16,22,24H,14-15H2. The van der Waals surface area contributed by atoms with E-state index in [2.05, 4.69) is 34.6 Å². The molecule has 0 bridgehead atoms. The van der Waals surface area contributed by atoms with E-state index in [1.165, 1.54) is 5.56 Å². The highest BCUT2D eigenvalue weighted by molar-refractivity contribution is 5.85. The quantitative estimate of drug-likeness (QED) is 0.642. The summed E-state index contributed by atoms with van der Waals surface area (Å²) >= 11 is 0. The van der Waals surface area contributed by atoms with Crippen LogP contribution in [0.1, 0.15) is 11.1 Å². The zero-order chi connectivity index (χ0) is 16.6. The molecule has 0 aliphatic rings. The average molecular weight is 316 g/mol. The van der Waals surface area contributed by atoms with Crippen LogP contribution in [0.4, 0.5) is 11.4 Å². The lowest BCUT2D eigenvalue weighted by Gasteiger charge is -2.06. The Hall–Kier alpha value is -3.07. The van der Waals surface area contributed by atoms with Crippen molar-refractivity contribution in [2.24, 2.45) is 4.99 Å². The lowest BCUT2D eigenvalue weighted by atomic mass is 10.1. The largest absolute Gasteiger partial charge is 0.507 e. The molecular formula is C21H20N2O. The molecule has 0 heterocycles. The Bertz CT molecular complexity index is 796. The van der Waals surface area contributed by atoms with Crippen molar-refractivity contribution >= 4 is 17.6 Å². The monoisotopic (exact) mass is 316 g/mol. The lowest BCUT2D eigenvalue weighted by molar-refractivity contribution is 0.474. The van der Waals surface area contributed by atoms with Crippen molar-refractivity contribution in [1.82, 2.24) is 0 Å². The molecule has 24 heavy (non-hydrogen) atoms. The maximum atomic E-state index is 9.72. The number of phenols is 1. The fraction of sp³-hybridized carbons (Fsp3) is 0.0952. The topological polar surface area (TPSA) is 44.6 Å². The predicted octanol–water partition coefficient (Wildman–Crippen LogP) is 4.80. The molecule has 3 nitrogen and oxygen atoms in total. The third-order valence-corrected chi connectivity index (χ3v) is 3.74. The van der Waals surface area contributed by atoms with Crippen LogP contribution in [-0.4, -0.2) is 17.9 Å². The van der Waals surface area contributed by atoms with Crippen LogP contribution in [0.15, 0.2) is 83.9 Å². The third-order valence-electron chi connectivity index (χ3n) is 3.74. The Morgan fingerprint density at radius 1 is 0.833 bits per heavy atom. The van der Waals surface area contributed by atoms with Gasteiger partial charge in [0.1, 0.15) is 5.75 Å². The minimum Gasteiger partial charge on any atom is -0.507 e. The molecule has 0 aromatic heterocycles. The van der Waals surface area contributed by atoms with E-state index in [1.54, 1.807) is 18.3 Å². The smallest absolute Gasteiger partial charge is 0.124 e. The summed E-state index contributed by atoms with van der Waals surface area (Å²) in [5, 5.41) is 13.1. The fourth-order valence-electron chi connectivity index (χ4n) is 2.40. The molecule has 0 atom stereocenters. The minimum absolute atomic E-state index is 0.237. The number of nitrogens with zero attached hydrogens (tertiary/aromatic N) is 1. The first-order valence-corrected chi connectivity index (χ1v) is 8.01. The average Bonchev–Trinajstić information content (AvgIpc) is 2.63. The SMILES string of the molecule is Oc1ccccc1C=Nc1ccc(NCCc2ccccc2)cc1. The van der Waals surface area contributed by atoms with Crippen molar-refractivity contribution < 1.29 is 5.11 Å². The van der Waals surface area contributed by atoms with Gasteiger partial charge in [-0.25, -0.2) is 0 Å². The van der Waals surface area contributed by atoms with E-state index in [-0.39, 0.29) is 5.75 Å². The maximum absolute atomic E-state index is 9.72. The number of benzene rings is 3. The van der Waals surface area contributed by atoms with Gasteiger partial charge in [0.15, 0.2) is 0 Å². The summed E-state index contributed by atoms with van der Waals surface area (Å²) in [6.07, 6.45) is 2.67. The van der Waals surface area contributed by atoms with Crippen LogP contribution in [0.25, 0.3) is 0 Å². The number of phenolic OH excluding ortho intramolecular Hbond substituents is 1. The van der Waals surface area contributed by atoms with Crippen LogP contribution in [0.5, 0.6) is 5.75 Å². The highest BCUT2D eigenvalue weighted by atomic mass is 16.3. The van der Waals surface area contributed by atoms with E-state index in [0.29, 0.717) is 5.56 Å². The van der Waals surface area contributed by atoms with E-state index in [4.69, 9.17) is 0 Å². The van der Waals surface area contributed by atoms with Gasteiger partial charge < -0.3 is 10.4 Å². The summed E-state index contributed by atoms with van der Waals surface area (Å²) < 4.78 is 0. The lowest BCUT2D eigenvalue weighted by Crippen LogP contribution is -2.04. The van der Waals surface area contributed by atoms with Crippen LogP contribution in [0.2, 0.25) is 0 Å². The van der Waals surface area contributed by atoms with Crippen LogP contribution in [0, 0.1) is 0 Å². The van der Waals surface area contributed by atoms with Gasteiger partial charge in [-0.1, -0.05) is 42.5 Å². The van der Waals surface area contributed by atoms with Crippen molar-refractivity contribution in [2.75, 3.05) is 11.9 Å². The van der Waals surface area contributed by atoms with Crippen molar-refractivity contribution in [3.8, 4) is 5.75 Å². The Morgan fingerprint density at radius 3 is 2.29 bits per heavy atom. The first kappa shape index (κ1) is 15.8. The second-order valence-electron chi connectivity index (χ2n) is 5.53. The number of para-hydroxylation sites is 1. The molecule has 0 spiro atoms. The van der Waals surface area contributed by atoms with Gasteiger partial charge in [-0.15, -0.1) is 0 Å². The summed E-state index contributed by atoms with van der Waals surface area (Å²) in [6, 6.07) is 25.5. The molecule has 120 valence electrons. The number of aliphatic imine (C=N–C) groups is 1. The van der Waals surface area contributed by atoms with Crippen LogP contribution in [0.3, 0.4) is 0 Å². The maximum Gasteiger partial charge on any atom is 0.124 e. The first-order chi connectivity index (χ1) is 11.8. The summed E-state index contributed by atoms with van der Waals surface area (Å²) in [4.78, 5) is 4.39. The van der Waals surface area contributed by atoms with Crippen LogP contribution >= 0.6 is 0 Å². The Morgan fingerprint density at radius 2 is 1.54 bits per heavy atom. The summed E-state index contributed by atoms with van der Waals surface area (Å²) in [7, 11) is 0. The normalized spacial score (nSPS) is 10.8. The number of aromatic hydroxyl groups is 1. The van der Waals surface area contributed by atoms with Gasteiger partial charge in [-0.05, 0) is 48.4 Å². The van der Waals surface area contributed by atoms with E-state index in [0.717, 1.165) is 24.3 Å². The molecular weight excluding hydrogens is 296 g/mol. The third kappa shape index (κ3) is 4.46. The Labute approximate surface area is 142 Å². The molecule has 0 amide bonds. The van der Waals surface area contributed by atoms with Crippen molar-refractivity contribution in [2.45, 2.75) is 6.42 Å². The van der Waals surface area contributed by atoms with Crippen LogP contribution < -0.4 is 5.32 Å². The van der Waals surface area contributed by atoms with E-state index >= 15 is 0 Å². The Kier molecular flexibility index (Phi) is 5.25. The molecule has 0 aliphatic carbocycles. The van der Waals surface area contributed by atoms with Crippen molar-refractivity contribution in [1.29, 1.82) is 0 Å². The molecule has 3 aromatic carbocycles. The van der Waals surface area contributed by atoms with Crippen molar-refractivity contribution in [3.05, 3.63) is 90.0 Å². The molecule has 0 saturated carbocycles. The van der Waals surface area contributed by atoms with Gasteiger partial charge in [0.2, 0.25) is 0 Å². The summed E-state index contributed by atoms with van der Waals surface area (Å²) in [5.74, 6) is 0.237. The molecule has 3 aromatic rings. The van der Waals surface area contributed by atoms with E-state index < -0.39 is 0 Å². The number of nitrogens with one attached hydrogen (secondary N) is 1. The van der Waals surface area contributed by atoms with E-state index in [9.17, 15) is 5.11 Å². The second kappa shape index (κ2) is 7.97. The zero-order valence-electron chi connectivity index (χ0n) is 13.4. The molecule has 0 saturated heterocycles. The number of hydrogen-bond donors (Lipinski definition) is 2. The molecule has 2 N–H and O–H groups in total. The minimum atomic E-state index is 0.237. The first-order valence-electron chi connectivity index (χ1n) is 8.01. The van der Waals surface area contributed by atoms with Gasteiger partial charge in [0.05, 0.1) is 5.69 Å². The van der Waals surface area contributed by atoms with Gasteiger partial charge >= 0.3 is 0 Å². The van der Waals surface area contributed by atoms with Gasteiger partial charge in [-0.3, -0.25) is 4.99 Å². The predicted molar refractivity (Wildman–Crippen MR) is 100 cm³/mol. The molecule has 0 fully saturated rings. The highest BCUT2D eigenvalue weighted by Gasteiger charge is 1.97.